The molecule has 2 nitrogen and oxygen atoms in total. The van der Waals surface area contributed by atoms with Crippen molar-refractivity contribution in [3.8, 4) is 5.75 Å². The summed E-state index contributed by atoms with van der Waals surface area (Å²) in [4.78, 5) is 0. The number of rotatable bonds is 3. The quantitative estimate of drug-likeness (QED) is 0.830. The van der Waals surface area contributed by atoms with E-state index in [0.29, 0.717) is 18.5 Å². The molecule has 0 aliphatic carbocycles. The number of halogens is 2. The summed E-state index contributed by atoms with van der Waals surface area (Å²) in [5, 5.41) is 12.3. The third kappa shape index (κ3) is 2.32. The lowest BCUT2D eigenvalue weighted by atomic mass is 9.99. The van der Waals surface area contributed by atoms with E-state index in [9.17, 15) is 13.9 Å². The molecule has 88 valence electrons. The average molecular weight is 227 g/mol. The Morgan fingerprint density at radius 3 is 2.75 bits per heavy atom. The van der Waals surface area contributed by atoms with Gasteiger partial charge in [-0.1, -0.05) is 18.2 Å². The van der Waals surface area contributed by atoms with Crippen LogP contribution in [0.5, 0.6) is 5.75 Å². The molecule has 1 unspecified atom stereocenters. The van der Waals surface area contributed by atoms with Gasteiger partial charge in [-0.15, -0.1) is 0 Å². The third-order valence-electron chi connectivity index (χ3n) is 2.99. The Labute approximate surface area is 93.3 Å². The van der Waals surface area contributed by atoms with Crippen LogP contribution in [-0.4, -0.2) is 23.6 Å². The molecule has 0 aromatic heterocycles. The van der Waals surface area contributed by atoms with E-state index in [-0.39, 0.29) is 5.75 Å². The Hall–Kier alpha value is -1.16. The van der Waals surface area contributed by atoms with Gasteiger partial charge in [0.05, 0.1) is 6.04 Å². The van der Waals surface area contributed by atoms with Crippen LogP contribution in [0.3, 0.4) is 0 Å². The summed E-state index contributed by atoms with van der Waals surface area (Å²) in [5.74, 6) is -2.85. The van der Waals surface area contributed by atoms with E-state index in [4.69, 9.17) is 0 Å². The van der Waals surface area contributed by atoms with Crippen LogP contribution in [0.25, 0.3) is 0 Å². The van der Waals surface area contributed by atoms with Crippen molar-refractivity contribution in [3.05, 3.63) is 29.8 Å². The summed E-state index contributed by atoms with van der Waals surface area (Å²) < 4.78 is 27.6. The molecule has 2 rings (SSSR count). The summed E-state index contributed by atoms with van der Waals surface area (Å²) in [6, 6.07) is 5.51. The van der Waals surface area contributed by atoms with Gasteiger partial charge >= 0.3 is 0 Å². The van der Waals surface area contributed by atoms with Gasteiger partial charge in [-0.3, -0.25) is 0 Å². The normalized spacial score (nSPS) is 21.2. The number of aromatic hydroxyl groups is 1. The number of phenols is 1. The van der Waals surface area contributed by atoms with Crippen molar-refractivity contribution in [2.45, 2.75) is 31.2 Å². The Kier molecular flexibility index (Phi) is 3.10. The highest BCUT2D eigenvalue weighted by Gasteiger charge is 2.41. The number of phenolic OH excluding ortho intramolecular Hbond substituents is 1. The third-order valence-corrected chi connectivity index (χ3v) is 2.99. The lowest BCUT2D eigenvalue weighted by Crippen LogP contribution is -2.42. The minimum absolute atomic E-state index is 0.0554. The van der Waals surface area contributed by atoms with E-state index in [0.717, 1.165) is 6.42 Å². The van der Waals surface area contributed by atoms with Crippen molar-refractivity contribution in [2.75, 3.05) is 6.54 Å². The van der Waals surface area contributed by atoms with E-state index in [1.165, 1.54) is 12.1 Å². The van der Waals surface area contributed by atoms with Crippen LogP contribution >= 0.6 is 0 Å². The van der Waals surface area contributed by atoms with Gasteiger partial charge in [-0.25, -0.2) is 8.78 Å². The van der Waals surface area contributed by atoms with Gasteiger partial charge in [0.25, 0.3) is 5.92 Å². The van der Waals surface area contributed by atoms with E-state index in [2.05, 4.69) is 5.32 Å². The Balaban J connectivity index is 2.10. The largest absolute Gasteiger partial charge is 0.508 e. The molecule has 0 saturated carbocycles. The number of para-hydroxylation sites is 1. The maximum atomic E-state index is 13.8. The molecule has 0 radical (unpaired) electrons. The first-order valence-corrected chi connectivity index (χ1v) is 5.48. The topological polar surface area (TPSA) is 32.3 Å². The highest BCUT2D eigenvalue weighted by molar-refractivity contribution is 5.32. The van der Waals surface area contributed by atoms with Gasteiger partial charge < -0.3 is 10.4 Å². The highest BCUT2D eigenvalue weighted by Crippen LogP contribution is 2.31. The molecule has 1 aromatic carbocycles. The number of hydrogen-bond acceptors (Lipinski definition) is 2. The minimum Gasteiger partial charge on any atom is -0.508 e. The highest BCUT2D eigenvalue weighted by atomic mass is 19.3. The summed E-state index contributed by atoms with van der Waals surface area (Å²) in [6.45, 7) is 0.654. The van der Waals surface area contributed by atoms with Gasteiger partial charge in [0.15, 0.2) is 0 Å². The van der Waals surface area contributed by atoms with E-state index in [1.807, 2.05) is 0 Å². The molecule has 1 aliphatic heterocycles. The van der Waals surface area contributed by atoms with Crippen LogP contribution < -0.4 is 5.32 Å². The average Bonchev–Trinajstić information content (AvgIpc) is 2.75. The zero-order valence-electron chi connectivity index (χ0n) is 8.92. The summed E-state index contributed by atoms with van der Waals surface area (Å²) in [5.41, 5.74) is 0.307. The van der Waals surface area contributed by atoms with Crippen molar-refractivity contribution in [1.82, 2.24) is 5.32 Å². The molecule has 0 amide bonds. The predicted molar refractivity (Wildman–Crippen MR) is 57.8 cm³/mol. The van der Waals surface area contributed by atoms with Crippen LogP contribution in [0.4, 0.5) is 8.78 Å². The molecular weight excluding hydrogens is 212 g/mol. The molecule has 1 aliphatic rings. The maximum Gasteiger partial charge on any atom is 0.267 e. The van der Waals surface area contributed by atoms with Gasteiger partial charge in [0.2, 0.25) is 0 Å². The Morgan fingerprint density at radius 1 is 1.38 bits per heavy atom. The van der Waals surface area contributed by atoms with Crippen LogP contribution in [0.15, 0.2) is 24.3 Å². The Bertz CT molecular complexity index is 362. The van der Waals surface area contributed by atoms with Gasteiger partial charge in [-0.05, 0) is 31.0 Å². The molecule has 1 aromatic rings. The first-order chi connectivity index (χ1) is 7.59. The molecule has 16 heavy (non-hydrogen) atoms. The first kappa shape index (κ1) is 11.3. The van der Waals surface area contributed by atoms with Crippen molar-refractivity contribution < 1.29 is 13.9 Å². The fraction of sp³-hybridized carbons (Fsp3) is 0.500. The molecule has 1 fully saturated rings. The van der Waals surface area contributed by atoms with Gasteiger partial charge in [0, 0.05) is 6.42 Å². The van der Waals surface area contributed by atoms with Crippen molar-refractivity contribution in [2.24, 2.45) is 0 Å². The summed E-state index contributed by atoms with van der Waals surface area (Å²) in [6.07, 6.45) is 0.888. The molecule has 0 spiro atoms. The standard InChI is InChI=1S/C12H15F2NO/c13-12(14,11-6-3-7-15-11)8-9-4-1-2-5-10(9)16/h1-2,4-5,11,15-16H,3,6-8H2. The molecule has 1 atom stereocenters. The molecule has 1 heterocycles. The molecule has 1 saturated heterocycles. The SMILES string of the molecule is Oc1ccccc1CC(F)(F)C1CCCN1. The molecular formula is C12H15F2NO. The van der Waals surface area contributed by atoms with E-state index >= 15 is 0 Å². The van der Waals surface area contributed by atoms with E-state index < -0.39 is 18.4 Å². The minimum atomic E-state index is -2.80. The van der Waals surface area contributed by atoms with Gasteiger partial charge in [-0.2, -0.15) is 0 Å². The lowest BCUT2D eigenvalue weighted by Gasteiger charge is -2.23. The van der Waals surface area contributed by atoms with Crippen molar-refractivity contribution in [3.63, 3.8) is 0 Å². The second-order valence-corrected chi connectivity index (χ2v) is 4.22. The van der Waals surface area contributed by atoms with Crippen LogP contribution in [0, 0.1) is 0 Å². The fourth-order valence-corrected chi connectivity index (χ4v) is 2.08. The lowest BCUT2D eigenvalue weighted by molar-refractivity contribution is -0.0311. The molecule has 0 bridgehead atoms. The van der Waals surface area contributed by atoms with Crippen LogP contribution in [0.1, 0.15) is 18.4 Å². The van der Waals surface area contributed by atoms with Crippen molar-refractivity contribution >= 4 is 0 Å². The summed E-state index contributed by atoms with van der Waals surface area (Å²) in [7, 11) is 0. The first-order valence-electron chi connectivity index (χ1n) is 5.48. The number of hydrogen-bond donors (Lipinski definition) is 2. The maximum absolute atomic E-state index is 13.8. The van der Waals surface area contributed by atoms with Gasteiger partial charge in [0.1, 0.15) is 5.75 Å². The second kappa shape index (κ2) is 4.37. The van der Waals surface area contributed by atoms with Crippen LogP contribution in [-0.2, 0) is 6.42 Å². The molecule has 4 heteroatoms. The predicted octanol–water partition coefficient (Wildman–Crippen LogP) is 2.32. The van der Waals surface area contributed by atoms with E-state index in [1.54, 1.807) is 12.1 Å². The monoisotopic (exact) mass is 227 g/mol. The zero-order chi connectivity index (χ0) is 11.6. The summed E-state index contributed by atoms with van der Waals surface area (Å²) >= 11 is 0. The van der Waals surface area contributed by atoms with Crippen LogP contribution in [0.2, 0.25) is 0 Å². The number of nitrogens with one attached hydrogen (secondary N) is 1. The Morgan fingerprint density at radius 2 is 2.12 bits per heavy atom. The van der Waals surface area contributed by atoms with Crippen molar-refractivity contribution in [1.29, 1.82) is 0 Å². The molecule has 2 N–H and O–H groups in total. The number of benzene rings is 1. The smallest absolute Gasteiger partial charge is 0.267 e. The fourth-order valence-electron chi connectivity index (χ4n) is 2.08. The second-order valence-electron chi connectivity index (χ2n) is 4.22. The zero-order valence-corrected chi connectivity index (χ0v) is 8.92. The number of alkyl halides is 2.